The molecule has 0 aliphatic carbocycles. The molecule has 0 aromatic rings. The maximum atomic E-state index is 12.1. The number of thioether (sulfide) groups is 1. The Balaban J connectivity index is 1.77. The van der Waals surface area contributed by atoms with Crippen molar-refractivity contribution in [1.82, 2.24) is 10.2 Å². The van der Waals surface area contributed by atoms with Crippen molar-refractivity contribution in [2.45, 2.75) is 31.9 Å². The van der Waals surface area contributed by atoms with Crippen LogP contribution in [-0.2, 0) is 9.53 Å². The number of likely N-dealkylation sites (tertiary alicyclic amines) is 1. The molecule has 0 saturated carbocycles. The molecule has 5 heteroatoms. The molecule has 2 aliphatic heterocycles. The van der Waals surface area contributed by atoms with Gasteiger partial charge in [-0.15, -0.1) is 11.8 Å². The number of carbonyl (C=O) groups excluding carboxylic acids is 1. The van der Waals surface area contributed by atoms with Crippen LogP contribution < -0.4 is 5.32 Å². The van der Waals surface area contributed by atoms with Crippen molar-refractivity contribution >= 4 is 17.7 Å². The van der Waals surface area contributed by atoms with Gasteiger partial charge in [0, 0.05) is 31.3 Å². The van der Waals surface area contributed by atoms with Gasteiger partial charge in [-0.1, -0.05) is 0 Å². The third-order valence-electron chi connectivity index (χ3n) is 3.17. The van der Waals surface area contributed by atoms with E-state index in [9.17, 15) is 4.79 Å². The molecule has 16 heavy (non-hydrogen) atoms. The Morgan fingerprint density at radius 2 is 2.25 bits per heavy atom. The van der Waals surface area contributed by atoms with E-state index in [1.807, 2.05) is 11.8 Å². The fourth-order valence-corrected chi connectivity index (χ4v) is 3.19. The van der Waals surface area contributed by atoms with Gasteiger partial charge >= 0.3 is 0 Å². The standard InChI is InChI=1S/C11H20N2O2S/c1-2-15-9-3-5-13(6-4-9)11(14)10-7-16-8-12-10/h9-10,12H,2-8H2,1H3. The third kappa shape index (κ3) is 2.90. The van der Waals surface area contributed by atoms with E-state index in [0.29, 0.717) is 6.10 Å². The first-order valence-electron chi connectivity index (χ1n) is 6.02. The molecular weight excluding hydrogens is 224 g/mol. The number of piperidine rings is 1. The smallest absolute Gasteiger partial charge is 0.240 e. The van der Waals surface area contributed by atoms with Crippen molar-refractivity contribution in [2.75, 3.05) is 31.3 Å². The second kappa shape index (κ2) is 5.89. The highest BCUT2D eigenvalue weighted by Crippen LogP contribution is 2.17. The first kappa shape index (κ1) is 12.2. The predicted molar refractivity (Wildman–Crippen MR) is 65.5 cm³/mol. The second-order valence-electron chi connectivity index (χ2n) is 4.25. The van der Waals surface area contributed by atoms with Crippen molar-refractivity contribution in [2.24, 2.45) is 0 Å². The SMILES string of the molecule is CCOC1CCN(C(=O)C2CSCN2)CC1. The molecule has 1 amide bonds. The van der Waals surface area contributed by atoms with Gasteiger partial charge in [0.15, 0.2) is 0 Å². The highest BCUT2D eigenvalue weighted by molar-refractivity contribution is 7.99. The molecule has 0 spiro atoms. The van der Waals surface area contributed by atoms with E-state index in [-0.39, 0.29) is 11.9 Å². The zero-order valence-electron chi connectivity index (χ0n) is 9.78. The lowest BCUT2D eigenvalue weighted by molar-refractivity contribution is -0.135. The quantitative estimate of drug-likeness (QED) is 0.792. The average Bonchev–Trinajstić information content (AvgIpc) is 2.83. The van der Waals surface area contributed by atoms with Crippen LogP contribution >= 0.6 is 11.8 Å². The fourth-order valence-electron chi connectivity index (χ4n) is 2.25. The summed E-state index contributed by atoms with van der Waals surface area (Å²) in [7, 11) is 0. The molecule has 1 N–H and O–H groups in total. The molecule has 0 bridgehead atoms. The Hall–Kier alpha value is -0.260. The monoisotopic (exact) mass is 244 g/mol. The molecule has 4 nitrogen and oxygen atoms in total. The molecule has 1 unspecified atom stereocenters. The number of carbonyl (C=O) groups is 1. The lowest BCUT2D eigenvalue weighted by Crippen LogP contribution is -2.49. The molecule has 1 atom stereocenters. The maximum Gasteiger partial charge on any atom is 0.240 e. The van der Waals surface area contributed by atoms with Crippen molar-refractivity contribution in [3.63, 3.8) is 0 Å². The predicted octanol–water partition coefficient (Wildman–Crippen LogP) is 0.676. The number of nitrogens with one attached hydrogen (secondary N) is 1. The highest BCUT2D eigenvalue weighted by atomic mass is 32.2. The number of rotatable bonds is 3. The van der Waals surface area contributed by atoms with Gasteiger partial charge in [-0.3, -0.25) is 10.1 Å². The molecule has 92 valence electrons. The first-order chi connectivity index (χ1) is 7.81. The van der Waals surface area contributed by atoms with Gasteiger partial charge in [0.2, 0.25) is 5.91 Å². The zero-order valence-corrected chi connectivity index (χ0v) is 10.6. The van der Waals surface area contributed by atoms with E-state index < -0.39 is 0 Å². The van der Waals surface area contributed by atoms with Crippen molar-refractivity contribution in [3.05, 3.63) is 0 Å². The number of hydrogen-bond donors (Lipinski definition) is 1. The Morgan fingerprint density at radius 3 is 2.81 bits per heavy atom. The molecular formula is C11H20N2O2S. The van der Waals surface area contributed by atoms with E-state index in [2.05, 4.69) is 5.32 Å². The van der Waals surface area contributed by atoms with Crippen molar-refractivity contribution in [3.8, 4) is 0 Å². The lowest BCUT2D eigenvalue weighted by atomic mass is 10.1. The summed E-state index contributed by atoms with van der Waals surface area (Å²) in [5.41, 5.74) is 0. The van der Waals surface area contributed by atoms with Gasteiger partial charge in [-0.05, 0) is 19.8 Å². The van der Waals surface area contributed by atoms with Crippen molar-refractivity contribution < 1.29 is 9.53 Å². The van der Waals surface area contributed by atoms with Crippen LogP contribution in [0.2, 0.25) is 0 Å². The van der Waals surface area contributed by atoms with E-state index in [1.165, 1.54) is 0 Å². The van der Waals surface area contributed by atoms with Gasteiger partial charge < -0.3 is 9.64 Å². The number of ether oxygens (including phenoxy) is 1. The molecule has 0 radical (unpaired) electrons. The average molecular weight is 244 g/mol. The van der Waals surface area contributed by atoms with E-state index in [4.69, 9.17) is 4.74 Å². The Labute approximate surface area is 101 Å². The van der Waals surface area contributed by atoms with Crippen LogP contribution in [0.5, 0.6) is 0 Å². The molecule has 2 rings (SSSR count). The van der Waals surface area contributed by atoms with E-state index in [1.54, 1.807) is 11.8 Å². The summed E-state index contributed by atoms with van der Waals surface area (Å²) in [6, 6.07) is 0.0497. The van der Waals surface area contributed by atoms with Crippen LogP contribution in [0.15, 0.2) is 0 Å². The van der Waals surface area contributed by atoms with Gasteiger partial charge in [0.25, 0.3) is 0 Å². The van der Waals surface area contributed by atoms with Crippen LogP contribution in [0.1, 0.15) is 19.8 Å². The minimum atomic E-state index is 0.0497. The van der Waals surface area contributed by atoms with E-state index in [0.717, 1.165) is 44.2 Å². The summed E-state index contributed by atoms with van der Waals surface area (Å²) in [5.74, 6) is 2.11. The summed E-state index contributed by atoms with van der Waals surface area (Å²) >= 11 is 1.80. The first-order valence-corrected chi connectivity index (χ1v) is 7.18. The fraction of sp³-hybridized carbons (Fsp3) is 0.909. The minimum Gasteiger partial charge on any atom is -0.378 e. The van der Waals surface area contributed by atoms with Crippen LogP contribution in [0.25, 0.3) is 0 Å². The van der Waals surface area contributed by atoms with E-state index >= 15 is 0 Å². The molecule has 0 aromatic heterocycles. The summed E-state index contributed by atoms with van der Waals surface area (Å²) in [5, 5.41) is 3.23. The van der Waals surface area contributed by atoms with Gasteiger partial charge in [0.1, 0.15) is 0 Å². The Morgan fingerprint density at radius 1 is 1.50 bits per heavy atom. The summed E-state index contributed by atoms with van der Waals surface area (Å²) in [6.45, 7) is 4.51. The largest absolute Gasteiger partial charge is 0.378 e. The lowest BCUT2D eigenvalue weighted by Gasteiger charge is -2.33. The molecule has 0 aromatic carbocycles. The summed E-state index contributed by atoms with van der Waals surface area (Å²) in [6.07, 6.45) is 2.33. The minimum absolute atomic E-state index is 0.0497. The van der Waals surface area contributed by atoms with Gasteiger partial charge in [0.05, 0.1) is 12.1 Å². The topological polar surface area (TPSA) is 41.6 Å². The molecule has 2 aliphatic rings. The second-order valence-corrected chi connectivity index (χ2v) is 5.28. The normalized spacial score (nSPS) is 27.3. The molecule has 2 heterocycles. The molecule has 2 fully saturated rings. The summed E-state index contributed by atoms with van der Waals surface area (Å²) in [4.78, 5) is 14.1. The van der Waals surface area contributed by atoms with Gasteiger partial charge in [-0.2, -0.15) is 0 Å². The number of hydrogen-bond acceptors (Lipinski definition) is 4. The molecule has 2 saturated heterocycles. The Bertz CT molecular complexity index is 236. The number of amides is 1. The van der Waals surface area contributed by atoms with Crippen LogP contribution in [0, 0.1) is 0 Å². The van der Waals surface area contributed by atoms with Crippen molar-refractivity contribution in [1.29, 1.82) is 0 Å². The van der Waals surface area contributed by atoms with Crippen LogP contribution in [0.4, 0.5) is 0 Å². The third-order valence-corrected chi connectivity index (χ3v) is 4.11. The van der Waals surface area contributed by atoms with Gasteiger partial charge in [-0.25, -0.2) is 0 Å². The van der Waals surface area contributed by atoms with Crippen LogP contribution in [-0.4, -0.2) is 54.3 Å². The zero-order chi connectivity index (χ0) is 11.4. The highest BCUT2D eigenvalue weighted by Gasteiger charge is 2.30. The maximum absolute atomic E-state index is 12.1. The number of nitrogens with zero attached hydrogens (tertiary/aromatic N) is 1. The summed E-state index contributed by atoms with van der Waals surface area (Å²) < 4.78 is 5.58. The van der Waals surface area contributed by atoms with Crippen LogP contribution in [0.3, 0.4) is 0 Å². The Kier molecular flexibility index (Phi) is 4.49.